The molecule has 0 saturated carbocycles. The molecule has 29 heavy (non-hydrogen) atoms. The number of rotatable bonds is 7. The summed E-state index contributed by atoms with van der Waals surface area (Å²) in [5, 5.41) is 2.58. The SMILES string of the molecule is CNS(=O)(=O)c1ccc(F)c(C(=O)OC(C)C(=O)Nc2cc(C)ccc2OC)c1. The van der Waals surface area contributed by atoms with Crippen LogP contribution < -0.4 is 14.8 Å². The Morgan fingerprint density at radius 3 is 2.45 bits per heavy atom. The molecular weight excluding hydrogens is 403 g/mol. The molecule has 0 heterocycles. The number of methoxy groups -OCH3 is 1. The molecule has 0 saturated heterocycles. The third-order valence-electron chi connectivity index (χ3n) is 4.00. The summed E-state index contributed by atoms with van der Waals surface area (Å²) in [6.07, 6.45) is -1.28. The minimum atomic E-state index is -3.89. The maximum absolute atomic E-state index is 14.0. The molecule has 0 radical (unpaired) electrons. The number of esters is 1. The van der Waals surface area contributed by atoms with E-state index in [0.29, 0.717) is 11.4 Å². The van der Waals surface area contributed by atoms with E-state index in [1.54, 1.807) is 18.2 Å². The van der Waals surface area contributed by atoms with E-state index in [4.69, 9.17) is 9.47 Å². The number of sulfonamides is 1. The summed E-state index contributed by atoms with van der Waals surface area (Å²) in [7, 11) is -1.26. The molecule has 2 rings (SSSR count). The molecule has 0 aliphatic carbocycles. The number of carbonyl (C=O) groups is 2. The lowest BCUT2D eigenvalue weighted by atomic mass is 10.2. The first kappa shape index (κ1) is 22.3. The fourth-order valence-corrected chi connectivity index (χ4v) is 3.13. The maximum atomic E-state index is 14.0. The number of benzene rings is 2. The second-order valence-corrected chi connectivity index (χ2v) is 7.98. The zero-order chi connectivity index (χ0) is 21.8. The van der Waals surface area contributed by atoms with Crippen molar-refractivity contribution >= 4 is 27.6 Å². The van der Waals surface area contributed by atoms with Gasteiger partial charge in [0.1, 0.15) is 11.6 Å². The van der Waals surface area contributed by atoms with Crippen molar-refractivity contribution in [1.29, 1.82) is 0 Å². The molecule has 156 valence electrons. The highest BCUT2D eigenvalue weighted by molar-refractivity contribution is 7.89. The zero-order valence-electron chi connectivity index (χ0n) is 16.3. The fourth-order valence-electron chi connectivity index (χ4n) is 2.38. The molecule has 0 aromatic heterocycles. The normalized spacial score (nSPS) is 12.2. The van der Waals surface area contributed by atoms with Crippen molar-refractivity contribution in [2.45, 2.75) is 24.8 Å². The van der Waals surface area contributed by atoms with Gasteiger partial charge in [-0.3, -0.25) is 4.79 Å². The van der Waals surface area contributed by atoms with Crippen LogP contribution in [0.25, 0.3) is 0 Å². The van der Waals surface area contributed by atoms with Crippen molar-refractivity contribution in [3.8, 4) is 5.75 Å². The predicted molar refractivity (Wildman–Crippen MR) is 104 cm³/mol. The predicted octanol–water partition coefficient (Wildman–Crippen LogP) is 2.23. The number of aryl methyl sites for hydroxylation is 1. The van der Waals surface area contributed by atoms with Crippen LogP contribution in [-0.2, 0) is 19.6 Å². The molecule has 1 atom stereocenters. The lowest BCUT2D eigenvalue weighted by Crippen LogP contribution is -2.30. The molecule has 2 aromatic carbocycles. The fraction of sp³-hybridized carbons (Fsp3) is 0.263. The third kappa shape index (κ3) is 5.30. The molecule has 8 nitrogen and oxygen atoms in total. The van der Waals surface area contributed by atoms with Crippen molar-refractivity contribution < 1.29 is 31.9 Å². The average molecular weight is 424 g/mol. The number of carbonyl (C=O) groups excluding carboxylic acids is 2. The molecule has 0 fully saturated rings. The summed E-state index contributed by atoms with van der Waals surface area (Å²) in [4.78, 5) is 24.4. The summed E-state index contributed by atoms with van der Waals surface area (Å²) < 4.78 is 50.0. The van der Waals surface area contributed by atoms with Crippen molar-refractivity contribution in [3.05, 3.63) is 53.3 Å². The van der Waals surface area contributed by atoms with E-state index >= 15 is 0 Å². The Bertz CT molecular complexity index is 1040. The first-order chi connectivity index (χ1) is 13.6. The Balaban J connectivity index is 2.18. The number of amides is 1. The molecule has 2 N–H and O–H groups in total. The molecule has 0 aliphatic rings. The number of ether oxygens (including phenoxy) is 2. The van der Waals surface area contributed by atoms with Crippen LogP contribution in [0.3, 0.4) is 0 Å². The average Bonchev–Trinajstić information content (AvgIpc) is 2.68. The van der Waals surface area contributed by atoms with Gasteiger partial charge in [-0.05, 0) is 56.8 Å². The monoisotopic (exact) mass is 424 g/mol. The van der Waals surface area contributed by atoms with Gasteiger partial charge in [-0.15, -0.1) is 0 Å². The van der Waals surface area contributed by atoms with E-state index in [1.165, 1.54) is 21.1 Å². The van der Waals surface area contributed by atoms with Crippen LogP contribution in [0.1, 0.15) is 22.8 Å². The van der Waals surface area contributed by atoms with Gasteiger partial charge in [0.05, 0.1) is 23.3 Å². The largest absolute Gasteiger partial charge is 0.495 e. The minimum absolute atomic E-state index is 0.310. The van der Waals surface area contributed by atoms with Gasteiger partial charge < -0.3 is 14.8 Å². The van der Waals surface area contributed by atoms with Gasteiger partial charge >= 0.3 is 5.97 Å². The summed E-state index contributed by atoms with van der Waals surface area (Å²) in [5.41, 5.74) is 0.651. The lowest BCUT2D eigenvalue weighted by molar-refractivity contribution is -0.123. The summed E-state index contributed by atoms with van der Waals surface area (Å²) in [6, 6.07) is 7.84. The maximum Gasteiger partial charge on any atom is 0.341 e. The lowest BCUT2D eigenvalue weighted by Gasteiger charge is -2.16. The molecule has 1 amide bonds. The quantitative estimate of drug-likeness (QED) is 0.660. The van der Waals surface area contributed by atoms with Gasteiger partial charge in [0.2, 0.25) is 10.0 Å². The molecule has 0 bridgehead atoms. The summed E-state index contributed by atoms with van der Waals surface area (Å²) in [5.74, 6) is -2.40. The van der Waals surface area contributed by atoms with Crippen LogP contribution in [0.4, 0.5) is 10.1 Å². The van der Waals surface area contributed by atoms with Gasteiger partial charge in [0.15, 0.2) is 6.10 Å². The number of anilines is 1. The van der Waals surface area contributed by atoms with Gasteiger partial charge in [0.25, 0.3) is 5.91 Å². The van der Waals surface area contributed by atoms with E-state index in [9.17, 15) is 22.4 Å². The Morgan fingerprint density at radius 1 is 1.14 bits per heavy atom. The molecular formula is C19H21FN2O6S. The van der Waals surface area contributed by atoms with Crippen LogP contribution >= 0.6 is 0 Å². The van der Waals surface area contributed by atoms with E-state index in [1.807, 2.05) is 6.92 Å². The van der Waals surface area contributed by atoms with Crippen molar-refractivity contribution in [2.75, 3.05) is 19.5 Å². The standard InChI is InChI=1S/C19H21FN2O6S/c1-11-5-8-17(27-4)16(9-11)22-18(23)12(2)28-19(24)14-10-13(6-7-15(14)20)29(25,26)21-3/h5-10,12,21H,1-4H3,(H,22,23). The highest BCUT2D eigenvalue weighted by Gasteiger charge is 2.24. The van der Waals surface area contributed by atoms with E-state index in [2.05, 4.69) is 10.0 Å². The summed E-state index contributed by atoms with van der Waals surface area (Å²) in [6.45, 7) is 3.13. The molecule has 0 aliphatic heterocycles. The van der Waals surface area contributed by atoms with E-state index in [-0.39, 0.29) is 4.90 Å². The molecule has 1 unspecified atom stereocenters. The molecule has 0 spiro atoms. The Morgan fingerprint density at radius 2 is 1.83 bits per heavy atom. The zero-order valence-corrected chi connectivity index (χ0v) is 17.1. The van der Waals surface area contributed by atoms with Crippen LogP contribution in [0.15, 0.2) is 41.3 Å². The van der Waals surface area contributed by atoms with Gasteiger partial charge in [0, 0.05) is 0 Å². The summed E-state index contributed by atoms with van der Waals surface area (Å²) >= 11 is 0. The number of hydrogen-bond donors (Lipinski definition) is 2. The van der Waals surface area contributed by atoms with Crippen LogP contribution in [0.2, 0.25) is 0 Å². The first-order valence-corrected chi connectivity index (χ1v) is 9.97. The van der Waals surface area contributed by atoms with E-state index < -0.39 is 39.4 Å². The third-order valence-corrected chi connectivity index (χ3v) is 5.41. The van der Waals surface area contributed by atoms with Crippen molar-refractivity contribution in [2.24, 2.45) is 0 Å². The van der Waals surface area contributed by atoms with Crippen LogP contribution in [-0.4, -0.2) is 40.6 Å². The topological polar surface area (TPSA) is 111 Å². The van der Waals surface area contributed by atoms with Crippen molar-refractivity contribution in [3.63, 3.8) is 0 Å². The Kier molecular flexibility index (Phi) is 6.93. The van der Waals surface area contributed by atoms with Crippen molar-refractivity contribution in [1.82, 2.24) is 4.72 Å². The van der Waals surface area contributed by atoms with Gasteiger partial charge in [-0.1, -0.05) is 6.07 Å². The van der Waals surface area contributed by atoms with E-state index in [0.717, 1.165) is 23.8 Å². The Hall–Kier alpha value is -2.98. The number of halogens is 1. The van der Waals surface area contributed by atoms with Gasteiger partial charge in [-0.25, -0.2) is 22.3 Å². The number of hydrogen-bond acceptors (Lipinski definition) is 6. The molecule has 2 aromatic rings. The molecule has 10 heteroatoms. The highest BCUT2D eigenvalue weighted by Crippen LogP contribution is 2.25. The second kappa shape index (κ2) is 9.01. The van der Waals surface area contributed by atoms with Crippen LogP contribution in [0, 0.1) is 12.7 Å². The Labute approximate surface area is 168 Å². The number of nitrogens with one attached hydrogen (secondary N) is 2. The minimum Gasteiger partial charge on any atom is -0.495 e. The van der Waals surface area contributed by atoms with Crippen LogP contribution in [0.5, 0.6) is 5.75 Å². The smallest absolute Gasteiger partial charge is 0.341 e. The highest BCUT2D eigenvalue weighted by atomic mass is 32.2. The first-order valence-electron chi connectivity index (χ1n) is 8.48. The van der Waals surface area contributed by atoms with Gasteiger partial charge in [-0.2, -0.15) is 0 Å². The second-order valence-electron chi connectivity index (χ2n) is 6.09.